The molecule has 0 saturated heterocycles. The quantitative estimate of drug-likeness (QED) is 0.510. The summed E-state index contributed by atoms with van der Waals surface area (Å²) in [5, 5.41) is 39.0. The number of aryl methyl sites for hydroxylation is 1. The Balaban J connectivity index is 3.35. The Morgan fingerprint density at radius 3 is 2.30 bits per heavy atom. The summed E-state index contributed by atoms with van der Waals surface area (Å²) < 4.78 is 13.8. The minimum absolute atomic E-state index is 0.166. The van der Waals surface area contributed by atoms with Gasteiger partial charge in [0, 0.05) is 6.07 Å². The Hall–Kier alpha value is -3.44. The molecule has 20 heavy (non-hydrogen) atoms. The van der Waals surface area contributed by atoms with Crippen LogP contribution in [0.5, 0.6) is 0 Å². The highest BCUT2D eigenvalue weighted by molar-refractivity contribution is 5.64. The van der Waals surface area contributed by atoms with Gasteiger partial charge in [0.15, 0.2) is 11.4 Å². The van der Waals surface area contributed by atoms with E-state index >= 15 is 0 Å². The number of non-ortho nitro benzene ring substituents is 1. The molecule has 1 N–H and O–H groups in total. The molecule has 0 aliphatic heterocycles. The largest absolute Gasteiger partial charge is 0.343 e. The molecule has 1 rings (SSSR count). The summed E-state index contributed by atoms with van der Waals surface area (Å²) in [6.07, 6.45) is 0. The van der Waals surface area contributed by atoms with Crippen molar-refractivity contribution < 1.29 is 9.31 Å². The van der Waals surface area contributed by atoms with E-state index in [1.165, 1.54) is 19.1 Å². The summed E-state index contributed by atoms with van der Waals surface area (Å²) in [6.45, 7) is 1.39. The number of nitro benzene ring substituents is 1. The van der Waals surface area contributed by atoms with Crippen molar-refractivity contribution >= 4 is 11.4 Å². The topological polar surface area (TPSA) is 127 Å². The summed E-state index contributed by atoms with van der Waals surface area (Å²) >= 11 is 0. The van der Waals surface area contributed by atoms with E-state index in [9.17, 15) is 14.5 Å². The molecule has 8 heteroatoms. The standard InChI is InChI=1S/C12H6FN5O2/c1-7-2-9(18(19)20)3-10(13)12(7)17-11(6-16)8(4-14)5-15/h2-3,17H,1H3. The highest BCUT2D eigenvalue weighted by Gasteiger charge is 2.16. The lowest BCUT2D eigenvalue weighted by Gasteiger charge is -2.09. The van der Waals surface area contributed by atoms with Crippen molar-refractivity contribution in [3.8, 4) is 18.2 Å². The van der Waals surface area contributed by atoms with Crippen molar-refractivity contribution in [1.82, 2.24) is 0 Å². The third-order valence-corrected chi connectivity index (χ3v) is 2.32. The fraction of sp³-hybridized carbons (Fsp3) is 0.0833. The van der Waals surface area contributed by atoms with Gasteiger partial charge in [-0.1, -0.05) is 0 Å². The molecular formula is C12H6FN5O2. The molecule has 0 aromatic heterocycles. The molecule has 98 valence electrons. The summed E-state index contributed by atoms with van der Waals surface area (Å²) in [6, 6.07) is 6.35. The number of allylic oxidation sites excluding steroid dienone is 2. The van der Waals surface area contributed by atoms with E-state index < -0.39 is 27.7 Å². The van der Waals surface area contributed by atoms with Crippen LogP contribution in [0.2, 0.25) is 0 Å². The Bertz CT molecular complexity index is 695. The molecule has 0 radical (unpaired) electrons. The lowest BCUT2D eigenvalue weighted by Crippen LogP contribution is -2.05. The molecule has 0 saturated carbocycles. The minimum atomic E-state index is -0.959. The molecule has 0 atom stereocenters. The van der Waals surface area contributed by atoms with Gasteiger partial charge in [0.25, 0.3) is 5.69 Å². The number of halogens is 1. The first-order valence-corrected chi connectivity index (χ1v) is 5.10. The normalized spacial score (nSPS) is 8.75. The van der Waals surface area contributed by atoms with Gasteiger partial charge in [-0.25, -0.2) is 4.39 Å². The Kier molecular flexibility index (Phi) is 4.34. The van der Waals surface area contributed by atoms with Crippen LogP contribution in [-0.2, 0) is 0 Å². The van der Waals surface area contributed by atoms with E-state index in [4.69, 9.17) is 15.8 Å². The lowest BCUT2D eigenvalue weighted by atomic mass is 10.1. The van der Waals surface area contributed by atoms with Gasteiger partial charge in [0.2, 0.25) is 0 Å². The highest BCUT2D eigenvalue weighted by atomic mass is 19.1. The van der Waals surface area contributed by atoms with Gasteiger partial charge in [-0.3, -0.25) is 10.1 Å². The van der Waals surface area contributed by atoms with Crippen molar-refractivity contribution in [3.05, 3.63) is 44.9 Å². The zero-order valence-corrected chi connectivity index (χ0v) is 10.1. The number of nitrogens with one attached hydrogen (secondary N) is 1. The predicted octanol–water partition coefficient (Wildman–Crippen LogP) is 2.28. The smallest absolute Gasteiger partial charge is 0.272 e. The maximum Gasteiger partial charge on any atom is 0.272 e. The number of nitro groups is 1. The van der Waals surface area contributed by atoms with Crippen LogP contribution in [0.3, 0.4) is 0 Å². The molecule has 1 aromatic rings. The minimum Gasteiger partial charge on any atom is -0.343 e. The number of anilines is 1. The van der Waals surface area contributed by atoms with Crippen LogP contribution in [0.4, 0.5) is 15.8 Å². The summed E-state index contributed by atoms with van der Waals surface area (Å²) in [7, 11) is 0. The van der Waals surface area contributed by atoms with Gasteiger partial charge in [-0.15, -0.1) is 0 Å². The van der Waals surface area contributed by atoms with Crippen molar-refractivity contribution in [3.63, 3.8) is 0 Å². The van der Waals surface area contributed by atoms with E-state index in [1.54, 1.807) is 6.07 Å². The van der Waals surface area contributed by atoms with Crippen LogP contribution in [-0.4, -0.2) is 4.92 Å². The van der Waals surface area contributed by atoms with E-state index in [-0.39, 0.29) is 11.3 Å². The Morgan fingerprint density at radius 2 is 1.90 bits per heavy atom. The average molecular weight is 271 g/mol. The number of benzene rings is 1. The van der Waals surface area contributed by atoms with Gasteiger partial charge in [-0.05, 0) is 12.5 Å². The van der Waals surface area contributed by atoms with Crippen LogP contribution in [0.25, 0.3) is 0 Å². The number of hydrogen-bond donors (Lipinski definition) is 1. The van der Waals surface area contributed by atoms with Crippen LogP contribution >= 0.6 is 0 Å². The average Bonchev–Trinajstić information content (AvgIpc) is 2.41. The molecule has 0 heterocycles. The second kappa shape index (κ2) is 5.94. The third-order valence-electron chi connectivity index (χ3n) is 2.32. The fourth-order valence-electron chi connectivity index (χ4n) is 1.40. The lowest BCUT2D eigenvalue weighted by molar-refractivity contribution is -0.385. The number of nitriles is 3. The fourth-order valence-corrected chi connectivity index (χ4v) is 1.40. The molecule has 7 nitrogen and oxygen atoms in total. The Morgan fingerprint density at radius 1 is 1.30 bits per heavy atom. The second-order valence-electron chi connectivity index (χ2n) is 3.59. The van der Waals surface area contributed by atoms with Crippen LogP contribution in [0.1, 0.15) is 5.56 Å². The van der Waals surface area contributed by atoms with Gasteiger partial charge in [-0.2, -0.15) is 15.8 Å². The summed E-state index contributed by atoms with van der Waals surface area (Å²) in [4.78, 5) is 9.81. The monoisotopic (exact) mass is 271 g/mol. The van der Waals surface area contributed by atoms with E-state index in [0.29, 0.717) is 6.07 Å². The van der Waals surface area contributed by atoms with Gasteiger partial charge < -0.3 is 5.32 Å². The molecule has 1 aromatic carbocycles. The highest BCUT2D eigenvalue weighted by Crippen LogP contribution is 2.26. The van der Waals surface area contributed by atoms with E-state index in [1.807, 2.05) is 0 Å². The van der Waals surface area contributed by atoms with Gasteiger partial charge >= 0.3 is 0 Å². The molecular weight excluding hydrogens is 265 g/mol. The van der Waals surface area contributed by atoms with E-state index in [0.717, 1.165) is 6.07 Å². The maximum absolute atomic E-state index is 13.8. The molecule has 0 aliphatic carbocycles. The van der Waals surface area contributed by atoms with Crippen LogP contribution < -0.4 is 5.32 Å². The molecule has 0 fully saturated rings. The van der Waals surface area contributed by atoms with Crippen LogP contribution in [0, 0.1) is 56.8 Å². The maximum atomic E-state index is 13.8. The predicted molar refractivity (Wildman–Crippen MR) is 65.3 cm³/mol. The first-order chi connectivity index (χ1) is 9.44. The first-order valence-electron chi connectivity index (χ1n) is 5.10. The van der Waals surface area contributed by atoms with Crippen molar-refractivity contribution in [2.75, 3.05) is 5.32 Å². The van der Waals surface area contributed by atoms with Gasteiger partial charge in [0.1, 0.15) is 23.9 Å². The number of hydrogen-bond acceptors (Lipinski definition) is 6. The van der Waals surface area contributed by atoms with Crippen molar-refractivity contribution in [1.29, 1.82) is 15.8 Å². The van der Waals surface area contributed by atoms with E-state index in [2.05, 4.69) is 5.32 Å². The SMILES string of the molecule is Cc1cc([N+](=O)[O-])cc(F)c1NC(C#N)=C(C#N)C#N. The van der Waals surface area contributed by atoms with Crippen molar-refractivity contribution in [2.45, 2.75) is 6.92 Å². The molecule has 0 unspecified atom stereocenters. The third kappa shape index (κ3) is 2.87. The molecule has 0 amide bonds. The number of rotatable bonds is 3. The van der Waals surface area contributed by atoms with Crippen molar-refractivity contribution in [2.24, 2.45) is 0 Å². The molecule has 0 spiro atoms. The zero-order valence-electron chi connectivity index (χ0n) is 10.1. The summed E-state index contributed by atoms with van der Waals surface area (Å²) in [5.41, 5.74) is -1.40. The second-order valence-corrected chi connectivity index (χ2v) is 3.59. The first kappa shape index (κ1) is 14.6. The summed E-state index contributed by atoms with van der Waals surface area (Å²) in [5.74, 6) is -0.959. The molecule has 0 bridgehead atoms. The Labute approximate surface area is 112 Å². The van der Waals surface area contributed by atoms with Gasteiger partial charge in [0.05, 0.1) is 16.7 Å². The molecule has 0 aliphatic rings. The van der Waals surface area contributed by atoms with Crippen LogP contribution in [0.15, 0.2) is 23.4 Å². The number of nitrogens with zero attached hydrogens (tertiary/aromatic N) is 4. The zero-order chi connectivity index (χ0) is 15.3.